The SMILES string of the molecule is Cc1cc(=O)c(OCc2cc(=O)n(C)c(=O)n2C)c[nH]1. The molecule has 0 aromatic carbocycles. The first-order valence-electron chi connectivity index (χ1n) is 5.98. The normalized spacial score (nSPS) is 10.6. The third-order valence-electron chi connectivity index (χ3n) is 3.02. The number of rotatable bonds is 3. The van der Waals surface area contributed by atoms with E-state index < -0.39 is 11.2 Å². The Morgan fingerprint density at radius 1 is 1.15 bits per heavy atom. The van der Waals surface area contributed by atoms with Crippen molar-refractivity contribution in [2.24, 2.45) is 14.1 Å². The van der Waals surface area contributed by atoms with Gasteiger partial charge in [0.2, 0.25) is 5.43 Å². The molecule has 0 aliphatic rings. The van der Waals surface area contributed by atoms with E-state index in [1.54, 1.807) is 14.0 Å². The van der Waals surface area contributed by atoms with Crippen molar-refractivity contribution in [2.45, 2.75) is 13.5 Å². The first-order valence-corrected chi connectivity index (χ1v) is 5.98. The third kappa shape index (κ3) is 2.56. The number of hydrogen-bond acceptors (Lipinski definition) is 4. The van der Waals surface area contributed by atoms with Crippen LogP contribution in [-0.2, 0) is 20.7 Å². The number of pyridine rings is 1. The number of H-pyrrole nitrogens is 1. The van der Waals surface area contributed by atoms with E-state index in [-0.39, 0.29) is 17.8 Å². The number of nitrogens with one attached hydrogen (secondary N) is 1. The lowest BCUT2D eigenvalue weighted by molar-refractivity contribution is 0.289. The molecule has 1 N–H and O–H groups in total. The average Bonchev–Trinajstić information content (AvgIpc) is 2.40. The quantitative estimate of drug-likeness (QED) is 0.831. The van der Waals surface area contributed by atoms with Crippen molar-refractivity contribution >= 4 is 0 Å². The summed E-state index contributed by atoms with van der Waals surface area (Å²) in [6.07, 6.45) is 1.46. The van der Waals surface area contributed by atoms with Gasteiger partial charge < -0.3 is 9.72 Å². The fraction of sp³-hybridized carbons (Fsp3) is 0.308. The molecule has 2 rings (SSSR count). The van der Waals surface area contributed by atoms with Gasteiger partial charge in [0, 0.05) is 38.1 Å². The average molecular weight is 277 g/mol. The maximum absolute atomic E-state index is 11.7. The van der Waals surface area contributed by atoms with Crippen LogP contribution in [0.3, 0.4) is 0 Å². The van der Waals surface area contributed by atoms with Gasteiger partial charge in [-0.1, -0.05) is 0 Å². The maximum Gasteiger partial charge on any atom is 0.330 e. The molecule has 0 atom stereocenters. The molecule has 0 saturated heterocycles. The summed E-state index contributed by atoms with van der Waals surface area (Å²) in [6.45, 7) is 1.73. The standard InChI is InChI=1S/C13H15N3O4/c1-8-4-10(17)11(6-14-8)20-7-9-5-12(18)16(3)13(19)15(9)2/h4-6H,7H2,1-3H3,(H,14,17). The molecule has 0 fully saturated rings. The predicted octanol–water partition coefficient (Wildman–Crippen LogP) is -0.340. The Hall–Kier alpha value is -2.57. The Bertz CT molecular complexity index is 814. The molecule has 7 heteroatoms. The van der Waals surface area contributed by atoms with Crippen LogP contribution >= 0.6 is 0 Å². The minimum Gasteiger partial charge on any atom is -0.482 e. The summed E-state index contributed by atoms with van der Waals surface area (Å²) in [7, 11) is 2.94. The summed E-state index contributed by atoms with van der Waals surface area (Å²) >= 11 is 0. The van der Waals surface area contributed by atoms with Crippen molar-refractivity contribution in [3.8, 4) is 5.75 Å². The second kappa shape index (κ2) is 5.20. The molecule has 2 aromatic rings. The molecule has 0 aliphatic carbocycles. The van der Waals surface area contributed by atoms with Crippen LogP contribution in [0.15, 0.2) is 32.7 Å². The third-order valence-corrected chi connectivity index (χ3v) is 3.02. The molecule has 0 saturated carbocycles. The molecule has 106 valence electrons. The van der Waals surface area contributed by atoms with Gasteiger partial charge in [-0.3, -0.25) is 18.7 Å². The number of nitrogens with zero attached hydrogens (tertiary/aromatic N) is 2. The number of ether oxygens (including phenoxy) is 1. The lowest BCUT2D eigenvalue weighted by atomic mass is 10.3. The first kappa shape index (κ1) is 13.9. The van der Waals surface area contributed by atoms with Crippen LogP contribution in [0.4, 0.5) is 0 Å². The van der Waals surface area contributed by atoms with Crippen molar-refractivity contribution in [3.63, 3.8) is 0 Å². The van der Waals surface area contributed by atoms with Crippen LogP contribution in [0.25, 0.3) is 0 Å². The first-order chi connectivity index (χ1) is 9.40. The molecular formula is C13H15N3O4. The van der Waals surface area contributed by atoms with Gasteiger partial charge in [0.05, 0.1) is 5.69 Å². The molecule has 0 unspecified atom stereocenters. The molecule has 0 radical (unpaired) electrons. The zero-order chi connectivity index (χ0) is 14.9. The van der Waals surface area contributed by atoms with Crippen LogP contribution in [0.1, 0.15) is 11.4 Å². The Kier molecular flexibility index (Phi) is 3.60. The fourth-order valence-corrected chi connectivity index (χ4v) is 1.74. The van der Waals surface area contributed by atoms with E-state index in [4.69, 9.17) is 4.74 Å². The molecule has 7 nitrogen and oxygen atoms in total. The lowest BCUT2D eigenvalue weighted by Gasteiger charge is -2.10. The van der Waals surface area contributed by atoms with Crippen LogP contribution in [0.2, 0.25) is 0 Å². The molecule has 0 bridgehead atoms. The summed E-state index contributed by atoms with van der Waals surface area (Å²) in [6, 6.07) is 2.72. The Morgan fingerprint density at radius 2 is 1.85 bits per heavy atom. The van der Waals surface area contributed by atoms with Crippen molar-refractivity contribution in [1.82, 2.24) is 14.1 Å². The van der Waals surface area contributed by atoms with Gasteiger partial charge in [0.1, 0.15) is 6.61 Å². The summed E-state index contributed by atoms with van der Waals surface area (Å²) in [5, 5.41) is 0. The predicted molar refractivity (Wildman–Crippen MR) is 73.1 cm³/mol. The van der Waals surface area contributed by atoms with E-state index in [1.165, 1.54) is 29.9 Å². The molecule has 0 amide bonds. The van der Waals surface area contributed by atoms with Gasteiger partial charge >= 0.3 is 5.69 Å². The molecular weight excluding hydrogens is 262 g/mol. The van der Waals surface area contributed by atoms with Gasteiger partial charge in [-0.05, 0) is 6.92 Å². The number of hydrogen-bond donors (Lipinski definition) is 1. The van der Waals surface area contributed by atoms with Crippen molar-refractivity contribution < 1.29 is 4.74 Å². The van der Waals surface area contributed by atoms with E-state index in [0.717, 1.165) is 10.3 Å². The number of aromatic nitrogens is 3. The van der Waals surface area contributed by atoms with Crippen LogP contribution in [-0.4, -0.2) is 14.1 Å². The topological polar surface area (TPSA) is 86.1 Å². The van der Waals surface area contributed by atoms with Crippen LogP contribution in [0.5, 0.6) is 5.75 Å². The number of aromatic amines is 1. The second-order valence-corrected chi connectivity index (χ2v) is 4.51. The summed E-state index contributed by atoms with van der Waals surface area (Å²) in [4.78, 5) is 37.8. The van der Waals surface area contributed by atoms with Gasteiger partial charge in [0.25, 0.3) is 5.56 Å². The van der Waals surface area contributed by atoms with Crippen molar-refractivity contribution in [1.29, 1.82) is 0 Å². The van der Waals surface area contributed by atoms with Crippen molar-refractivity contribution in [2.75, 3.05) is 0 Å². The highest BCUT2D eigenvalue weighted by molar-refractivity contribution is 5.20. The fourth-order valence-electron chi connectivity index (χ4n) is 1.74. The van der Waals surface area contributed by atoms with Gasteiger partial charge in [-0.15, -0.1) is 0 Å². The van der Waals surface area contributed by atoms with Gasteiger partial charge in [-0.25, -0.2) is 4.79 Å². The molecule has 20 heavy (non-hydrogen) atoms. The van der Waals surface area contributed by atoms with E-state index in [9.17, 15) is 14.4 Å². The van der Waals surface area contributed by atoms with Crippen molar-refractivity contribution in [3.05, 3.63) is 60.8 Å². The molecule has 0 aliphatic heterocycles. The second-order valence-electron chi connectivity index (χ2n) is 4.51. The Morgan fingerprint density at radius 3 is 2.50 bits per heavy atom. The highest BCUT2D eigenvalue weighted by Gasteiger charge is 2.08. The minimum absolute atomic E-state index is 0.0338. The monoisotopic (exact) mass is 277 g/mol. The van der Waals surface area contributed by atoms with E-state index in [0.29, 0.717) is 5.69 Å². The van der Waals surface area contributed by atoms with E-state index in [1.807, 2.05) is 0 Å². The smallest absolute Gasteiger partial charge is 0.330 e. The van der Waals surface area contributed by atoms with Gasteiger partial charge in [-0.2, -0.15) is 0 Å². The van der Waals surface area contributed by atoms with Crippen LogP contribution in [0, 0.1) is 6.92 Å². The zero-order valence-corrected chi connectivity index (χ0v) is 11.5. The lowest BCUT2D eigenvalue weighted by Crippen LogP contribution is -2.38. The Balaban J connectivity index is 2.30. The van der Waals surface area contributed by atoms with Crippen LogP contribution < -0.4 is 21.4 Å². The largest absolute Gasteiger partial charge is 0.482 e. The highest BCUT2D eigenvalue weighted by atomic mass is 16.5. The summed E-state index contributed by atoms with van der Waals surface area (Å²) in [5.41, 5.74) is 0.0231. The van der Waals surface area contributed by atoms with Gasteiger partial charge in [0.15, 0.2) is 5.75 Å². The maximum atomic E-state index is 11.7. The summed E-state index contributed by atoms with van der Waals surface area (Å²) < 4.78 is 7.67. The molecule has 0 spiro atoms. The van der Waals surface area contributed by atoms with E-state index in [2.05, 4.69) is 4.98 Å². The molecule has 2 heterocycles. The number of aryl methyl sites for hydroxylation is 1. The van der Waals surface area contributed by atoms with E-state index >= 15 is 0 Å². The summed E-state index contributed by atoms with van der Waals surface area (Å²) in [5.74, 6) is 0.142. The minimum atomic E-state index is -0.436. The molecule has 2 aromatic heterocycles. The zero-order valence-electron chi connectivity index (χ0n) is 11.5. The highest BCUT2D eigenvalue weighted by Crippen LogP contribution is 2.04. The Labute approximate surface area is 114 Å².